The first kappa shape index (κ1) is 42.2. The van der Waals surface area contributed by atoms with Crippen molar-refractivity contribution in [2.75, 3.05) is 12.5 Å². The summed E-state index contributed by atoms with van der Waals surface area (Å²) in [4.78, 5) is 59.2. The minimum Gasteiger partial charge on any atom is -0.504 e. The number of hydrogen-bond acceptors (Lipinski definition) is 13. The smallest absolute Gasteiger partial charge is 0.407 e. The van der Waals surface area contributed by atoms with Gasteiger partial charge in [0, 0.05) is 30.9 Å². The molecular weight excluding hydrogens is 797 g/mol. The fourth-order valence-electron chi connectivity index (χ4n) is 6.42. The zero-order valence-corrected chi connectivity index (χ0v) is 32.8. The van der Waals surface area contributed by atoms with Gasteiger partial charge >= 0.3 is 12.1 Å². The number of aromatic nitrogens is 1. The summed E-state index contributed by atoms with van der Waals surface area (Å²) in [6.45, 7) is 0.146. The van der Waals surface area contributed by atoms with Crippen molar-refractivity contribution in [1.29, 1.82) is 0 Å². The Morgan fingerprint density at radius 2 is 1.37 bits per heavy atom. The number of hydrogen-bond donors (Lipinski definition) is 6. The number of nitrogens with zero attached hydrogens (tertiary/aromatic N) is 2. The molecule has 0 aliphatic carbocycles. The number of benzene rings is 4. The third-order valence-electron chi connectivity index (χ3n) is 9.75. The number of sulfone groups is 1. The third kappa shape index (κ3) is 9.65. The third-order valence-corrected chi connectivity index (χ3v) is 12.1. The van der Waals surface area contributed by atoms with Crippen LogP contribution in [-0.2, 0) is 42.0 Å². The quantitative estimate of drug-likeness (QED) is 0.0547. The first-order valence-corrected chi connectivity index (χ1v) is 20.0. The van der Waals surface area contributed by atoms with Gasteiger partial charge in [0.1, 0.15) is 17.2 Å². The van der Waals surface area contributed by atoms with Gasteiger partial charge < -0.3 is 45.4 Å². The van der Waals surface area contributed by atoms with Crippen LogP contribution in [-0.4, -0.2) is 85.9 Å². The van der Waals surface area contributed by atoms with E-state index in [1.54, 1.807) is 60.7 Å². The Bertz CT molecular complexity index is 2500. The van der Waals surface area contributed by atoms with Crippen LogP contribution in [0.3, 0.4) is 0 Å². The summed E-state index contributed by atoms with van der Waals surface area (Å²) in [5.41, 5.74) is 2.31. The number of pyridine rings is 1. The zero-order valence-electron chi connectivity index (χ0n) is 32.0. The van der Waals surface area contributed by atoms with Crippen LogP contribution in [0, 0.1) is 0 Å². The minimum absolute atomic E-state index is 0.0160. The molecule has 2 heterocycles. The number of nitrogens with one attached hydrogen (secondary N) is 2. The van der Waals surface area contributed by atoms with E-state index in [9.17, 15) is 48.0 Å². The number of aromatic hydroxyl groups is 4. The van der Waals surface area contributed by atoms with Crippen LogP contribution in [0.5, 0.6) is 23.0 Å². The zero-order chi connectivity index (χ0) is 43.0. The summed E-state index contributed by atoms with van der Waals surface area (Å²) >= 11 is 0. The van der Waals surface area contributed by atoms with E-state index in [0.717, 1.165) is 11.0 Å². The largest absolute Gasteiger partial charge is 0.504 e. The number of alkyl carbamates (subject to hydrolysis) is 1. The molecule has 1 fully saturated rings. The Kier molecular flexibility index (Phi) is 12.7. The summed E-state index contributed by atoms with van der Waals surface area (Å²) in [5.74, 6) is -4.95. The number of rotatable bonds is 13. The van der Waals surface area contributed by atoms with Crippen molar-refractivity contribution < 1.29 is 57.5 Å². The van der Waals surface area contributed by atoms with Crippen molar-refractivity contribution >= 4 is 39.8 Å². The summed E-state index contributed by atoms with van der Waals surface area (Å²) in [6, 6.07) is 26.3. The maximum Gasteiger partial charge on any atom is 0.407 e. The molecular formula is C43H40N4O12S. The molecule has 0 spiro atoms. The lowest BCUT2D eigenvalue weighted by atomic mass is 9.98. The molecule has 17 heteroatoms. The van der Waals surface area contributed by atoms with Gasteiger partial charge in [0.25, 0.3) is 5.91 Å². The first-order valence-electron chi connectivity index (χ1n) is 18.3. The number of amides is 3. The monoisotopic (exact) mass is 836 g/mol. The molecule has 1 aliphatic heterocycles. The van der Waals surface area contributed by atoms with Gasteiger partial charge in [-0.15, -0.1) is 0 Å². The maximum absolute atomic E-state index is 14.4. The molecule has 3 amide bonds. The second-order valence-electron chi connectivity index (χ2n) is 14.0. The van der Waals surface area contributed by atoms with Gasteiger partial charge in [-0.3, -0.25) is 14.6 Å². The lowest BCUT2D eigenvalue weighted by Gasteiger charge is -2.32. The number of carbonyl (C=O) groups excluding carboxylic acids is 4. The predicted octanol–water partition coefficient (Wildman–Crippen LogP) is 4.45. The van der Waals surface area contributed by atoms with Gasteiger partial charge in [-0.2, -0.15) is 0 Å². The Hall–Kier alpha value is -7.40. The molecule has 4 aromatic carbocycles. The summed E-state index contributed by atoms with van der Waals surface area (Å²) in [5, 5.41) is 43.8. The lowest BCUT2D eigenvalue weighted by Crippen LogP contribution is -2.55. The van der Waals surface area contributed by atoms with E-state index in [0.29, 0.717) is 22.3 Å². The van der Waals surface area contributed by atoms with Gasteiger partial charge in [0.2, 0.25) is 5.91 Å². The van der Waals surface area contributed by atoms with Crippen LogP contribution in [0.2, 0.25) is 0 Å². The molecule has 5 aromatic rings. The Balaban J connectivity index is 1.25. The number of phenols is 4. The van der Waals surface area contributed by atoms with E-state index in [1.165, 1.54) is 67.7 Å². The Morgan fingerprint density at radius 3 is 1.93 bits per heavy atom. The van der Waals surface area contributed by atoms with E-state index >= 15 is 0 Å². The predicted molar refractivity (Wildman–Crippen MR) is 216 cm³/mol. The molecule has 0 radical (unpaired) electrons. The Labute approximate surface area is 344 Å². The van der Waals surface area contributed by atoms with Crippen LogP contribution < -0.4 is 10.6 Å². The second-order valence-corrected chi connectivity index (χ2v) is 16.4. The van der Waals surface area contributed by atoms with Crippen molar-refractivity contribution in [2.24, 2.45) is 0 Å². The molecule has 60 heavy (non-hydrogen) atoms. The van der Waals surface area contributed by atoms with Crippen LogP contribution in [0.4, 0.5) is 4.79 Å². The number of carbonyl (C=O) groups is 4. The number of ether oxygens (including phenoxy) is 2. The highest BCUT2D eigenvalue weighted by molar-refractivity contribution is 7.93. The van der Waals surface area contributed by atoms with Crippen molar-refractivity contribution in [3.63, 3.8) is 0 Å². The van der Waals surface area contributed by atoms with Crippen LogP contribution >= 0.6 is 0 Å². The fraction of sp³-hybridized carbons (Fsp3) is 0.186. The van der Waals surface area contributed by atoms with Gasteiger partial charge in [-0.05, 0) is 71.7 Å². The molecule has 1 aromatic heterocycles. The summed E-state index contributed by atoms with van der Waals surface area (Å²) in [7, 11) is -4.44. The maximum atomic E-state index is 14.4. The highest BCUT2D eigenvalue weighted by atomic mass is 32.2. The van der Waals surface area contributed by atoms with E-state index in [-0.39, 0.29) is 41.6 Å². The van der Waals surface area contributed by atoms with Gasteiger partial charge in [-0.1, -0.05) is 72.8 Å². The first-order chi connectivity index (χ1) is 28.6. The lowest BCUT2D eigenvalue weighted by molar-refractivity contribution is -0.157. The SMILES string of the molecule is C[C@]1(COC(=O)NCc2ccc(O)c(O)c2)[C@H](C(=O)OC(c2ccccc2)c2ccccc2)N(C(=O)/C=C/c2cc(C(=O)NCc3ccc(O)c(O)c3)ccn2)CS1(=O)=O. The van der Waals surface area contributed by atoms with Crippen molar-refractivity contribution in [2.45, 2.75) is 36.9 Å². The van der Waals surface area contributed by atoms with Crippen LogP contribution in [0.15, 0.2) is 121 Å². The van der Waals surface area contributed by atoms with Crippen molar-refractivity contribution in [3.05, 3.63) is 155 Å². The molecule has 16 nitrogen and oxygen atoms in total. The summed E-state index contributed by atoms with van der Waals surface area (Å²) in [6.07, 6.45) is 1.46. The molecule has 1 aliphatic rings. The normalized spacial score (nSPS) is 17.0. The fourth-order valence-corrected chi connectivity index (χ4v) is 8.15. The molecule has 6 N–H and O–H groups in total. The molecule has 0 unspecified atom stereocenters. The highest BCUT2D eigenvalue weighted by Gasteiger charge is 2.61. The number of phenolic OH excluding ortho intramolecular Hbond substituents is 4. The van der Waals surface area contributed by atoms with Gasteiger partial charge in [0.05, 0.1) is 5.69 Å². The molecule has 0 bridgehead atoms. The van der Waals surface area contributed by atoms with Gasteiger partial charge in [-0.25, -0.2) is 18.0 Å². The molecule has 1 saturated heterocycles. The molecule has 6 rings (SSSR count). The van der Waals surface area contributed by atoms with Crippen LogP contribution in [0.25, 0.3) is 6.08 Å². The second kappa shape index (κ2) is 18.0. The van der Waals surface area contributed by atoms with Crippen molar-refractivity contribution in [3.8, 4) is 23.0 Å². The molecule has 310 valence electrons. The average Bonchev–Trinajstić information content (AvgIpc) is 3.46. The van der Waals surface area contributed by atoms with E-state index in [4.69, 9.17) is 9.47 Å². The van der Waals surface area contributed by atoms with Gasteiger partial charge in [0.15, 0.2) is 45.0 Å². The van der Waals surface area contributed by atoms with Crippen LogP contribution in [0.1, 0.15) is 51.3 Å². The summed E-state index contributed by atoms with van der Waals surface area (Å²) < 4.78 is 37.3. The highest BCUT2D eigenvalue weighted by Crippen LogP contribution is 2.38. The van der Waals surface area contributed by atoms with E-state index < -0.39 is 68.8 Å². The Morgan fingerprint density at radius 1 is 0.800 bits per heavy atom. The van der Waals surface area contributed by atoms with E-state index in [2.05, 4.69) is 15.6 Å². The standard InChI is InChI=1S/C43H40N4O12S/c1-43(25-58-42(55)46-24-28-13-16-34(49)36(51)21-28)39(41(54)59-38(29-8-4-2-5-9-29)30-10-6-3-7-11-30)47(26-60(43,56)57)37(52)17-14-32-22-31(18-19-44-32)40(53)45-23-27-12-15-33(48)35(50)20-27/h2-22,38-39,48-51H,23-26H2,1H3,(H,45,53)(H,46,55)/b17-14+/t39-,43-/m0/s1. The average molecular weight is 837 g/mol. The van der Waals surface area contributed by atoms with E-state index in [1.807, 2.05) is 0 Å². The topological polar surface area (TPSA) is 242 Å². The minimum atomic E-state index is -4.44. The van der Waals surface area contributed by atoms with Crippen molar-refractivity contribution in [1.82, 2.24) is 20.5 Å². The number of esters is 1. The molecule has 2 atom stereocenters. The molecule has 0 saturated carbocycles.